The first kappa shape index (κ1) is 13.0. The summed E-state index contributed by atoms with van der Waals surface area (Å²) >= 11 is 0. The molecule has 1 unspecified atom stereocenters. The van der Waals surface area contributed by atoms with E-state index >= 15 is 0 Å². The van der Waals surface area contributed by atoms with Crippen LogP contribution in [0.25, 0.3) is 0 Å². The first-order valence-corrected chi connectivity index (χ1v) is 5.58. The lowest BCUT2D eigenvalue weighted by molar-refractivity contribution is -0.142. The van der Waals surface area contributed by atoms with Crippen LogP contribution < -0.4 is 0 Å². The van der Waals surface area contributed by atoms with Gasteiger partial charge in [0.05, 0.1) is 19.4 Å². The van der Waals surface area contributed by atoms with Gasteiger partial charge < -0.3 is 9.84 Å². The number of methoxy groups -OCH3 is 1. The molecule has 1 heterocycles. The van der Waals surface area contributed by atoms with E-state index in [0.29, 0.717) is 13.0 Å². The lowest BCUT2D eigenvalue weighted by atomic mass is 10.1. The quantitative estimate of drug-likeness (QED) is 0.704. The lowest BCUT2D eigenvalue weighted by Gasteiger charge is -2.25. The third kappa shape index (κ3) is 3.48. The summed E-state index contributed by atoms with van der Waals surface area (Å²) in [6, 6.07) is 0.147. The molecule has 0 aliphatic carbocycles. The van der Waals surface area contributed by atoms with Crippen LogP contribution in [0.2, 0.25) is 0 Å². The topological polar surface area (TPSA) is 66.8 Å². The monoisotopic (exact) mass is 229 g/mol. The van der Waals surface area contributed by atoms with E-state index in [1.807, 2.05) is 0 Å². The van der Waals surface area contributed by atoms with Crippen LogP contribution in [-0.2, 0) is 14.3 Å². The molecule has 1 fully saturated rings. The minimum Gasteiger partial charge on any atom is -0.481 e. The molecule has 1 rings (SSSR count). The molecule has 0 radical (unpaired) electrons. The van der Waals surface area contributed by atoms with Crippen LogP contribution in [-0.4, -0.2) is 48.2 Å². The molecule has 92 valence electrons. The van der Waals surface area contributed by atoms with E-state index in [2.05, 4.69) is 9.64 Å². The van der Waals surface area contributed by atoms with E-state index in [4.69, 9.17) is 5.11 Å². The minimum atomic E-state index is -0.788. The summed E-state index contributed by atoms with van der Waals surface area (Å²) < 4.78 is 4.63. The second kappa shape index (κ2) is 5.84. The van der Waals surface area contributed by atoms with Crippen molar-refractivity contribution in [3.8, 4) is 0 Å². The number of hydrogen-bond acceptors (Lipinski definition) is 4. The summed E-state index contributed by atoms with van der Waals surface area (Å²) in [5, 5.41) is 8.84. The molecule has 5 nitrogen and oxygen atoms in total. The Labute approximate surface area is 95.4 Å². The summed E-state index contributed by atoms with van der Waals surface area (Å²) in [5.41, 5.74) is 0. The van der Waals surface area contributed by atoms with E-state index in [-0.39, 0.29) is 12.0 Å². The number of carbonyl (C=O) groups is 2. The Kier molecular flexibility index (Phi) is 4.73. The van der Waals surface area contributed by atoms with Crippen molar-refractivity contribution < 1.29 is 19.4 Å². The van der Waals surface area contributed by atoms with Crippen molar-refractivity contribution in [3.05, 3.63) is 0 Å². The standard InChI is InChI=1S/C11H19NO4/c1-8(11(14)15)7-12-5-3-4-9(12)6-10(13)16-2/h8-9H,3-7H2,1-2H3,(H,14,15)/t8?,9-/m0/s1. The maximum Gasteiger partial charge on any atom is 0.307 e. The number of likely N-dealkylation sites (tertiary alicyclic amines) is 1. The van der Waals surface area contributed by atoms with Crippen molar-refractivity contribution in [2.45, 2.75) is 32.2 Å². The number of carbonyl (C=O) groups excluding carboxylic acids is 1. The molecule has 1 aliphatic heterocycles. The fraction of sp³-hybridized carbons (Fsp3) is 0.818. The largest absolute Gasteiger partial charge is 0.481 e. The first-order valence-electron chi connectivity index (χ1n) is 5.58. The van der Waals surface area contributed by atoms with Crippen molar-refractivity contribution in [1.82, 2.24) is 4.90 Å². The maximum atomic E-state index is 11.2. The number of carboxylic acids is 1. The van der Waals surface area contributed by atoms with E-state index < -0.39 is 11.9 Å². The molecule has 0 aromatic rings. The highest BCUT2D eigenvalue weighted by molar-refractivity contribution is 5.70. The van der Waals surface area contributed by atoms with Gasteiger partial charge in [0, 0.05) is 12.6 Å². The van der Waals surface area contributed by atoms with Gasteiger partial charge in [-0.15, -0.1) is 0 Å². The van der Waals surface area contributed by atoms with Crippen molar-refractivity contribution in [1.29, 1.82) is 0 Å². The van der Waals surface area contributed by atoms with Crippen molar-refractivity contribution in [2.24, 2.45) is 5.92 Å². The molecule has 16 heavy (non-hydrogen) atoms. The molecule has 0 spiro atoms. The van der Waals surface area contributed by atoms with E-state index in [9.17, 15) is 9.59 Å². The Morgan fingerprint density at radius 2 is 2.25 bits per heavy atom. The van der Waals surface area contributed by atoms with Gasteiger partial charge in [0.15, 0.2) is 0 Å². The summed E-state index contributed by atoms with van der Waals surface area (Å²) in [5.74, 6) is -1.40. The van der Waals surface area contributed by atoms with Gasteiger partial charge in [-0.05, 0) is 19.4 Å². The van der Waals surface area contributed by atoms with Gasteiger partial charge in [-0.3, -0.25) is 14.5 Å². The summed E-state index contributed by atoms with van der Waals surface area (Å²) in [6.45, 7) is 3.08. The second-order valence-electron chi connectivity index (χ2n) is 4.31. The minimum absolute atomic E-state index is 0.147. The molecule has 0 bridgehead atoms. The average molecular weight is 229 g/mol. The van der Waals surface area contributed by atoms with Gasteiger partial charge >= 0.3 is 11.9 Å². The number of rotatable bonds is 5. The van der Waals surface area contributed by atoms with Crippen LogP contribution in [0.4, 0.5) is 0 Å². The molecule has 5 heteroatoms. The highest BCUT2D eigenvalue weighted by atomic mass is 16.5. The van der Waals surface area contributed by atoms with Crippen LogP contribution in [0.1, 0.15) is 26.2 Å². The number of aliphatic carboxylic acids is 1. The van der Waals surface area contributed by atoms with Crippen molar-refractivity contribution in [3.63, 3.8) is 0 Å². The normalized spacial score (nSPS) is 23.0. The molecule has 1 saturated heterocycles. The van der Waals surface area contributed by atoms with Gasteiger partial charge in [0.25, 0.3) is 0 Å². The predicted molar refractivity (Wildman–Crippen MR) is 58.0 cm³/mol. The molecule has 2 atom stereocenters. The third-order valence-corrected chi connectivity index (χ3v) is 3.06. The van der Waals surface area contributed by atoms with Gasteiger partial charge in [-0.1, -0.05) is 6.92 Å². The van der Waals surface area contributed by atoms with Crippen LogP contribution in [0, 0.1) is 5.92 Å². The highest BCUT2D eigenvalue weighted by Gasteiger charge is 2.29. The lowest BCUT2D eigenvalue weighted by Crippen LogP contribution is -2.37. The Bertz CT molecular complexity index is 267. The number of ether oxygens (including phenoxy) is 1. The van der Waals surface area contributed by atoms with Crippen molar-refractivity contribution in [2.75, 3.05) is 20.2 Å². The SMILES string of the molecule is COC(=O)C[C@@H]1CCCN1CC(C)C(=O)O. The third-order valence-electron chi connectivity index (χ3n) is 3.06. The Balaban J connectivity index is 2.46. The molecule has 0 aromatic heterocycles. The summed E-state index contributed by atoms with van der Waals surface area (Å²) in [7, 11) is 1.38. The van der Waals surface area contributed by atoms with Gasteiger partial charge in [0.2, 0.25) is 0 Å². The number of carboxylic acid groups (broad SMARTS) is 1. The van der Waals surface area contributed by atoms with Gasteiger partial charge in [-0.2, -0.15) is 0 Å². The van der Waals surface area contributed by atoms with Gasteiger partial charge in [-0.25, -0.2) is 0 Å². The molecule has 1 aliphatic rings. The number of nitrogens with zero attached hydrogens (tertiary/aromatic N) is 1. The fourth-order valence-electron chi connectivity index (χ4n) is 2.07. The Morgan fingerprint density at radius 3 is 2.81 bits per heavy atom. The zero-order chi connectivity index (χ0) is 12.1. The van der Waals surface area contributed by atoms with Gasteiger partial charge in [0.1, 0.15) is 0 Å². The summed E-state index contributed by atoms with van der Waals surface area (Å²) in [4.78, 5) is 24.0. The fourth-order valence-corrected chi connectivity index (χ4v) is 2.07. The molecular formula is C11H19NO4. The first-order chi connectivity index (χ1) is 7.54. The molecule has 0 saturated carbocycles. The number of esters is 1. The van der Waals surface area contributed by atoms with Crippen molar-refractivity contribution >= 4 is 11.9 Å². The van der Waals surface area contributed by atoms with Crippen LogP contribution in [0.5, 0.6) is 0 Å². The molecule has 0 aromatic carbocycles. The molecular weight excluding hydrogens is 210 g/mol. The molecule has 0 amide bonds. The number of hydrogen-bond donors (Lipinski definition) is 1. The van der Waals surface area contributed by atoms with Crippen LogP contribution in [0.15, 0.2) is 0 Å². The average Bonchev–Trinajstić information content (AvgIpc) is 2.65. The van der Waals surface area contributed by atoms with E-state index in [0.717, 1.165) is 19.4 Å². The smallest absolute Gasteiger partial charge is 0.307 e. The highest BCUT2D eigenvalue weighted by Crippen LogP contribution is 2.21. The zero-order valence-electron chi connectivity index (χ0n) is 9.81. The molecule has 1 N–H and O–H groups in total. The zero-order valence-corrected chi connectivity index (χ0v) is 9.81. The maximum absolute atomic E-state index is 11.2. The van der Waals surface area contributed by atoms with E-state index in [1.54, 1.807) is 6.92 Å². The Morgan fingerprint density at radius 1 is 1.56 bits per heavy atom. The summed E-state index contributed by atoms with van der Waals surface area (Å²) in [6.07, 6.45) is 2.33. The predicted octanol–water partition coefficient (Wildman–Crippen LogP) is 0.735. The second-order valence-corrected chi connectivity index (χ2v) is 4.31. The van der Waals surface area contributed by atoms with E-state index in [1.165, 1.54) is 7.11 Å². The van der Waals surface area contributed by atoms with Crippen LogP contribution in [0.3, 0.4) is 0 Å². The van der Waals surface area contributed by atoms with Crippen LogP contribution >= 0.6 is 0 Å². The Hall–Kier alpha value is -1.10.